The van der Waals surface area contributed by atoms with Crippen LogP contribution in [0.2, 0.25) is 0 Å². The second kappa shape index (κ2) is 5.33. The summed E-state index contributed by atoms with van der Waals surface area (Å²) in [5, 5.41) is 0. The summed E-state index contributed by atoms with van der Waals surface area (Å²) >= 11 is 1.97. The summed E-state index contributed by atoms with van der Waals surface area (Å²) < 4.78 is 0. The van der Waals surface area contributed by atoms with E-state index in [1.54, 1.807) is 0 Å². The van der Waals surface area contributed by atoms with Crippen molar-refractivity contribution >= 4 is 11.8 Å². The van der Waals surface area contributed by atoms with Gasteiger partial charge in [-0.1, -0.05) is 19.4 Å². The van der Waals surface area contributed by atoms with E-state index in [9.17, 15) is 0 Å². The van der Waals surface area contributed by atoms with Crippen LogP contribution in [0.4, 0.5) is 0 Å². The zero-order chi connectivity index (χ0) is 9.68. The summed E-state index contributed by atoms with van der Waals surface area (Å²) in [6.45, 7) is 6.57. The lowest BCUT2D eigenvalue weighted by Crippen LogP contribution is -1.82. The van der Waals surface area contributed by atoms with Crippen molar-refractivity contribution in [3.63, 3.8) is 0 Å². The van der Waals surface area contributed by atoms with Crippen molar-refractivity contribution in [3.05, 3.63) is 29.3 Å². The van der Waals surface area contributed by atoms with Gasteiger partial charge in [-0.15, -0.1) is 11.8 Å². The van der Waals surface area contributed by atoms with Crippen molar-refractivity contribution < 1.29 is 0 Å². The molecule has 0 unspecified atom stereocenters. The molecular formula is C12H18S. The Hall–Kier alpha value is -0.430. The van der Waals surface area contributed by atoms with Crippen molar-refractivity contribution in [1.29, 1.82) is 0 Å². The van der Waals surface area contributed by atoms with Gasteiger partial charge in [0.2, 0.25) is 0 Å². The van der Waals surface area contributed by atoms with Gasteiger partial charge < -0.3 is 0 Å². The van der Waals surface area contributed by atoms with Crippen LogP contribution in [-0.4, -0.2) is 5.75 Å². The quantitative estimate of drug-likeness (QED) is 0.511. The second-order valence-corrected chi connectivity index (χ2v) is 4.69. The number of aryl methyl sites for hydroxylation is 2. The minimum Gasteiger partial charge on any atom is -0.126 e. The van der Waals surface area contributed by atoms with Crippen molar-refractivity contribution in [2.75, 3.05) is 5.75 Å². The highest BCUT2D eigenvalue weighted by Crippen LogP contribution is 2.21. The Morgan fingerprint density at radius 3 is 2.23 bits per heavy atom. The Morgan fingerprint density at radius 1 is 1.08 bits per heavy atom. The van der Waals surface area contributed by atoms with Gasteiger partial charge in [0.05, 0.1) is 0 Å². The maximum absolute atomic E-state index is 2.27. The molecule has 0 fully saturated rings. The van der Waals surface area contributed by atoms with E-state index in [4.69, 9.17) is 0 Å². The van der Waals surface area contributed by atoms with Gasteiger partial charge in [-0.2, -0.15) is 0 Å². The Morgan fingerprint density at radius 2 is 1.69 bits per heavy atom. The summed E-state index contributed by atoms with van der Waals surface area (Å²) in [5.41, 5.74) is 2.75. The van der Waals surface area contributed by atoms with Gasteiger partial charge in [0, 0.05) is 4.90 Å². The molecule has 1 aromatic rings. The highest BCUT2D eigenvalue weighted by molar-refractivity contribution is 7.99. The molecule has 0 nitrogen and oxygen atoms in total. The third-order valence-electron chi connectivity index (χ3n) is 1.96. The Bertz CT molecular complexity index is 246. The smallest absolute Gasteiger partial charge is 0.00772 e. The van der Waals surface area contributed by atoms with Crippen LogP contribution in [0.5, 0.6) is 0 Å². The highest BCUT2D eigenvalue weighted by Gasteiger charge is 1.95. The summed E-state index contributed by atoms with van der Waals surface area (Å²) in [7, 11) is 0. The lowest BCUT2D eigenvalue weighted by atomic mass is 10.2. The van der Waals surface area contributed by atoms with Crippen LogP contribution in [0.15, 0.2) is 23.1 Å². The standard InChI is InChI=1S/C12H18S/c1-4-5-6-13-12-8-10(2)7-11(3)9-12/h7-9H,4-6H2,1-3H3. The first-order valence-corrected chi connectivity index (χ1v) is 5.92. The molecule has 0 N–H and O–H groups in total. The average Bonchev–Trinajstić information content (AvgIpc) is 2.03. The third-order valence-corrected chi connectivity index (χ3v) is 3.02. The van der Waals surface area contributed by atoms with Crippen molar-refractivity contribution in [2.24, 2.45) is 0 Å². The van der Waals surface area contributed by atoms with Gasteiger partial charge in [0.25, 0.3) is 0 Å². The molecule has 0 aliphatic rings. The maximum Gasteiger partial charge on any atom is 0.00772 e. The van der Waals surface area contributed by atoms with Crippen molar-refractivity contribution in [3.8, 4) is 0 Å². The predicted molar refractivity (Wildman–Crippen MR) is 61.5 cm³/mol. The fourth-order valence-electron chi connectivity index (χ4n) is 1.35. The van der Waals surface area contributed by atoms with E-state index in [-0.39, 0.29) is 0 Å². The minimum absolute atomic E-state index is 1.25. The molecule has 0 aromatic heterocycles. The molecule has 0 bridgehead atoms. The normalized spacial score (nSPS) is 10.4. The van der Waals surface area contributed by atoms with E-state index < -0.39 is 0 Å². The van der Waals surface area contributed by atoms with Crippen molar-refractivity contribution in [2.45, 2.75) is 38.5 Å². The van der Waals surface area contributed by atoms with Gasteiger partial charge in [-0.25, -0.2) is 0 Å². The summed E-state index contributed by atoms with van der Waals surface area (Å²) in [6.07, 6.45) is 2.61. The molecule has 1 heteroatoms. The fraction of sp³-hybridized carbons (Fsp3) is 0.500. The predicted octanol–water partition coefficient (Wildman–Crippen LogP) is 4.20. The first kappa shape index (κ1) is 10.6. The van der Waals surface area contributed by atoms with E-state index in [0.717, 1.165) is 0 Å². The topological polar surface area (TPSA) is 0 Å². The summed E-state index contributed by atoms with van der Waals surface area (Å²) in [5.74, 6) is 1.25. The van der Waals surface area contributed by atoms with Gasteiger partial charge in [0.1, 0.15) is 0 Å². The van der Waals surface area contributed by atoms with Crippen LogP contribution in [0, 0.1) is 13.8 Å². The first-order chi connectivity index (χ1) is 6.22. The molecule has 72 valence electrons. The number of hydrogen-bond acceptors (Lipinski definition) is 1. The molecule has 1 rings (SSSR count). The van der Waals surface area contributed by atoms with Crippen LogP contribution in [-0.2, 0) is 0 Å². The number of benzene rings is 1. The zero-order valence-corrected chi connectivity index (χ0v) is 9.58. The largest absolute Gasteiger partial charge is 0.126 e. The zero-order valence-electron chi connectivity index (χ0n) is 8.76. The molecule has 1 aromatic carbocycles. The van der Waals surface area contributed by atoms with Crippen LogP contribution in [0.3, 0.4) is 0 Å². The van der Waals surface area contributed by atoms with Gasteiger partial charge in [-0.05, 0) is 49.3 Å². The monoisotopic (exact) mass is 194 g/mol. The molecule has 13 heavy (non-hydrogen) atoms. The van der Waals surface area contributed by atoms with E-state index in [2.05, 4.69) is 39.0 Å². The number of rotatable bonds is 4. The Balaban J connectivity index is 2.56. The molecule has 0 aliphatic heterocycles. The number of unbranched alkanes of at least 4 members (excludes halogenated alkanes) is 1. The maximum atomic E-state index is 2.27. The Labute approximate surface area is 85.7 Å². The second-order valence-electron chi connectivity index (χ2n) is 3.53. The molecular weight excluding hydrogens is 176 g/mol. The molecule has 0 radical (unpaired) electrons. The molecule has 0 spiro atoms. The first-order valence-electron chi connectivity index (χ1n) is 4.93. The lowest BCUT2D eigenvalue weighted by molar-refractivity contribution is 0.896. The van der Waals surface area contributed by atoms with Crippen LogP contribution < -0.4 is 0 Å². The number of hydrogen-bond donors (Lipinski definition) is 0. The van der Waals surface area contributed by atoms with Crippen LogP contribution in [0.25, 0.3) is 0 Å². The van der Waals surface area contributed by atoms with E-state index in [0.29, 0.717) is 0 Å². The third kappa shape index (κ3) is 3.86. The molecule has 0 amide bonds. The van der Waals surface area contributed by atoms with Gasteiger partial charge >= 0.3 is 0 Å². The molecule has 0 saturated heterocycles. The molecule has 0 heterocycles. The SMILES string of the molecule is CCCCSc1cc(C)cc(C)c1. The van der Waals surface area contributed by atoms with E-state index in [1.165, 1.54) is 34.6 Å². The molecule has 0 aliphatic carbocycles. The summed E-state index contributed by atoms with van der Waals surface area (Å²) in [4.78, 5) is 1.42. The van der Waals surface area contributed by atoms with E-state index >= 15 is 0 Å². The van der Waals surface area contributed by atoms with Crippen molar-refractivity contribution in [1.82, 2.24) is 0 Å². The fourth-order valence-corrected chi connectivity index (χ4v) is 2.56. The van der Waals surface area contributed by atoms with Crippen LogP contribution in [0.1, 0.15) is 30.9 Å². The molecule has 0 saturated carbocycles. The van der Waals surface area contributed by atoms with Gasteiger partial charge in [-0.3, -0.25) is 0 Å². The molecule has 0 atom stereocenters. The Kier molecular flexibility index (Phi) is 4.37. The summed E-state index contributed by atoms with van der Waals surface area (Å²) in [6, 6.07) is 6.77. The average molecular weight is 194 g/mol. The van der Waals surface area contributed by atoms with Gasteiger partial charge in [0.15, 0.2) is 0 Å². The highest BCUT2D eigenvalue weighted by atomic mass is 32.2. The number of thioether (sulfide) groups is 1. The lowest BCUT2D eigenvalue weighted by Gasteiger charge is -2.03. The van der Waals surface area contributed by atoms with Crippen LogP contribution >= 0.6 is 11.8 Å². The minimum atomic E-state index is 1.25. The van der Waals surface area contributed by atoms with E-state index in [1.807, 2.05) is 11.8 Å².